The molecule has 1 aliphatic heterocycles. The number of nitrogens with zero attached hydrogens (tertiary/aromatic N) is 1. The van der Waals surface area contributed by atoms with E-state index in [4.69, 9.17) is 0 Å². The number of rotatable bonds is 3. The third-order valence-electron chi connectivity index (χ3n) is 3.27. The number of sulfone groups is 1. The van der Waals surface area contributed by atoms with Gasteiger partial charge in [-0.2, -0.15) is 0 Å². The lowest BCUT2D eigenvalue weighted by molar-refractivity contribution is 0.261. The third-order valence-corrected chi connectivity index (χ3v) is 4.43. The quantitative estimate of drug-likeness (QED) is 0.904. The molecule has 4 nitrogen and oxygen atoms in total. The molecule has 0 aliphatic carbocycles. The molecule has 0 amide bonds. The molecule has 1 aromatic rings. The van der Waals surface area contributed by atoms with E-state index < -0.39 is 9.84 Å². The van der Waals surface area contributed by atoms with Gasteiger partial charge >= 0.3 is 0 Å². The van der Waals surface area contributed by atoms with E-state index >= 15 is 0 Å². The Kier molecular flexibility index (Phi) is 3.92. The number of likely N-dealkylation sites (tertiary alicyclic amines) is 1. The van der Waals surface area contributed by atoms with Crippen LogP contribution < -0.4 is 5.32 Å². The van der Waals surface area contributed by atoms with E-state index in [1.165, 1.54) is 6.26 Å². The molecule has 0 bridgehead atoms. The standard InChI is InChI=1S/C13H20N2O2S/c1-15-9-5-6-11(10-15)14-12-7-3-4-8-13(12)18(2,16)17/h3-4,7-8,11,14H,5-6,9-10H2,1-2H3. The van der Waals surface area contributed by atoms with Crippen LogP contribution in [-0.2, 0) is 9.84 Å². The van der Waals surface area contributed by atoms with Crippen LogP contribution in [0.5, 0.6) is 0 Å². The van der Waals surface area contributed by atoms with Gasteiger partial charge in [-0.25, -0.2) is 8.42 Å². The van der Waals surface area contributed by atoms with E-state index in [2.05, 4.69) is 17.3 Å². The number of benzene rings is 1. The Labute approximate surface area is 109 Å². The fraction of sp³-hybridized carbons (Fsp3) is 0.538. The van der Waals surface area contributed by atoms with Crippen LogP contribution in [0.15, 0.2) is 29.2 Å². The highest BCUT2D eigenvalue weighted by Crippen LogP contribution is 2.23. The van der Waals surface area contributed by atoms with Crippen LogP contribution in [0.2, 0.25) is 0 Å². The average Bonchev–Trinajstić information content (AvgIpc) is 2.28. The lowest BCUT2D eigenvalue weighted by Crippen LogP contribution is -2.39. The molecule has 5 heteroatoms. The van der Waals surface area contributed by atoms with Crippen LogP contribution in [0, 0.1) is 0 Å². The summed E-state index contributed by atoms with van der Waals surface area (Å²) < 4.78 is 23.4. The maximum atomic E-state index is 11.7. The van der Waals surface area contributed by atoms with Crippen LogP contribution in [0.4, 0.5) is 5.69 Å². The fourth-order valence-electron chi connectivity index (χ4n) is 2.41. The number of piperidine rings is 1. The monoisotopic (exact) mass is 268 g/mol. The zero-order valence-corrected chi connectivity index (χ0v) is 11.7. The van der Waals surface area contributed by atoms with E-state index in [0.29, 0.717) is 10.9 Å². The van der Waals surface area contributed by atoms with Gasteiger partial charge in [0, 0.05) is 18.8 Å². The Balaban J connectivity index is 2.19. The van der Waals surface area contributed by atoms with E-state index in [1.807, 2.05) is 12.1 Å². The molecule has 1 N–H and O–H groups in total. The van der Waals surface area contributed by atoms with Crippen molar-refractivity contribution in [3.8, 4) is 0 Å². The Morgan fingerprint density at radius 2 is 2.06 bits per heavy atom. The number of nitrogens with one attached hydrogen (secondary N) is 1. The van der Waals surface area contributed by atoms with Gasteiger partial charge in [-0.15, -0.1) is 0 Å². The largest absolute Gasteiger partial charge is 0.380 e. The number of para-hydroxylation sites is 1. The Morgan fingerprint density at radius 1 is 1.33 bits per heavy atom. The van der Waals surface area contributed by atoms with Gasteiger partial charge in [0.05, 0.1) is 10.6 Å². The van der Waals surface area contributed by atoms with Gasteiger partial charge in [-0.05, 0) is 38.6 Å². The summed E-state index contributed by atoms with van der Waals surface area (Å²) >= 11 is 0. The highest BCUT2D eigenvalue weighted by atomic mass is 32.2. The Hall–Kier alpha value is -1.07. The van der Waals surface area contributed by atoms with Gasteiger partial charge in [-0.1, -0.05) is 12.1 Å². The molecule has 100 valence electrons. The minimum atomic E-state index is -3.17. The van der Waals surface area contributed by atoms with Crippen molar-refractivity contribution in [2.45, 2.75) is 23.8 Å². The maximum Gasteiger partial charge on any atom is 0.177 e. The second-order valence-electron chi connectivity index (χ2n) is 5.01. The van der Waals surface area contributed by atoms with Crippen LogP contribution in [0.3, 0.4) is 0 Å². The molecule has 0 radical (unpaired) electrons. The molecule has 0 aromatic heterocycles. The summed E-state index contributed by atoms with van der Waals surface area (Å²) in [6, 6.07) is 7.44. The SMILES string of the molecule is CN1CCCC(Nc2ccccc2S(C)(=O)=O)C1. The zero-order valence-electron chi connectivity index (χ0n) is 10.9. The van der Waals surface area contributed by atoms with Crippen molar-refractivity contribution in [3.63, 3.8) is 0 Å². The van der Waals surface area contributed by atoms with E-state index in [0.717, 1.165) is 31.6 Å². The summed E-state index contributed by atoms with van der Waals surface area (Å²) in [4.78, 5) is 2.66. The number of hydrogen-bond donors (Lipinski definition) is 1. The highest BCUT2D eigenvalue weighted by Gasteiger charge is 2.19. The zero-order chi connectivity index (χ0) is 13.2. The molecule has 1 saturated heterocycles. The van der Waals surface area contributed by atoms with Crippen molar-refractivity contribution in [2.24, 2.45) is 0 Å². The minimum Gasteiger partial charge on any atom is -0.380 e. The van der Waals surface area contributed by atoms with Crippen LogP contribution in [0.25, 0.3) is 0 Å². The van der Waals surface area contributed by atoms with Crippen molar-refractivity contribution < 1.29 is 8.42 Å². The van der Waals surface area contributed by atoms with Gasteiger partial charge in [0.1, 0.15) is 0 Å². The average molecular weight is 268 g/mol. The van der Waals surface area contributed by atoms with E-state index in [9.17, 15) is 8.42 Å². The summed E-state index contributed by atoms with van der Waals surface area (Å²) in [6.07, 6.45) is 3.48. The molecule has 18 heavy (non-hydrogen) atoms. The predicted molar refractivity (Wildman–Crippen MR) is 73.7 cm³/mol. The summed E-state index contributed by atoms with van der Waals surface area (Å²) in [5.74, 6) is 0. The number of likely N-dealkylation sites (N-methyl/N-ethyl adjacent to an activating group) is 1. The smallest absolute Gasteiger partial charge is 0.177 e. The molecule has 1 fully saturated rings. The molecular weight excluding hydrogens is 248 g/mol. The summed E-state index contributed by atoms with van der Waals surface area (Å²) in [5, 5.41) is 3.37. The molecule has 1 heterocycles. The molecule has 1 unspecified atom stereocenters. The number of hydrogen-bond acceptors (Lipinski definition) is 4. The summed E-state index contributed by atoms with van der Waals surface area (Å²) in [5.41, 5.74) is 0.723. The van der Waals surface area contributed by atoms with Crippen molar-refractivity contribution in [1.29, 1.82) is 0 Å². The van der Waals surface area contributed by atoms with Crippen molar-refractivity contribution >= 4 is 15.5 Å². The topological polar surface area (TPSA) is 49.4 Å². The number of anilines is 1. The van der Waals surface area contributed by atoms with Gasteiger partial charge < -0.3 is 10.2 Å². The first kappa shape index (κ1) is 13.4. The lowest BCUT2D eigenvalue weighted by Gasteiger charge is -2.31. The van der Waals surface area contributed by atoms with Gasteiger partial charge in [0.2, 0.25) is 0 Å². The second-order valence-corrected chi connectivity index (χ2v) is 7.00. The van der Waals surface area contributed by atoms with E-state index in [-0.39, 0.29) is 0 Å². The molecule has 0 saturated carbocycles. The Bertz CT molecular complexity index is 513. The van der Waals surface area contributed by atoms with Crippen LogP contribution in [0.1, 0.15) is 12.8 Å². The lowest BCUT2D eigenvalue weighted by atomic mass is 10.1. The second kappa shape index (κ2) is 5.28. The first-order valence-electron chi connectivity index (χ1n) is 6.21. The third kappa shape index (κ3) is 3.23. The van der Waals surface area contributed by atoms with Crippen LogP contribution in [-0.4, -0.2) is 45.8 Å². The molecule has 2 rings (SSSR count). The van der Waals surface area contributed by atoms with Crippen LogP contribution >= 0.6 is 0 Å². The van der Waals surface area contributed by atoms with Gasteiger partial charge in [-0.3, -0.25) is 0 Å². The molecule has 0 spiro atoms. The summed E-state index contributed by atoms with van der Waals surface area (Å²) in [7, 11) is -1.08. The molecular formula is C13H20N2O2S. The van der Waals surface area contributed by atoms with Gasteiger partial charge in [0.15, 0.2) is 9.84 Å². The molecule has 1 atom stereocenters. The normalized spacial score (nSPS) is 21.8. The molecule has 1 aliphatic rings. The highest BCUT2D eigenvalue weighted by molar-refractivity contribution is 7.90. The van der Waals surface area contributed by atoms with Crippen molar-refractivity contribution in [2.75, 3.05) is 31.7 Å². The maximum absolute atomic E-state index is 11.7. The van der Waals surface area contributed by atoms with Gasteiger partial charge in [0.25, 0.3) is 0 Å². The Morgan fingerprint density at radius 3 is 2.72 bits per heavy atom. The van der Waals surface area contributed by atoms with E-state index in [1.54, 1.807) is 12.1 Å². The van der Waals surface area contributed by atoms with Crippen molar-refractivity contribution in [1.82, 2.24) is 4.90 Å². The first-order valence-corrected chi connectivity index (χ1v) is 8.10. The molecule has 1 aromatic carbocycles. The predicted octanol–water partition coefficient (Wildman–Crippen LogP) is 1.60. The van der Waals surface area contributed by atoms with Crippen molar-refractivity contribution in [3.05, 3.63) is 24.3 Å². The first-order chi connectivity index (χ1) is 8.47. The summed E-state index contributed by atoms with van der Waals surface area (Å²) in [6.45, 7) is 2.07. The fourth-order valence-corrected chi connectivity index (χ4v) is 3.27. The minimum absolute atomic E-state index is 0.326.